The van der Waals surface area contributed by atoms with Crippen LogP contribution in [0.25, 0.3) is 0 Å². The largest absolute Gasteiger partial charge is 0.322 e. The van der Waals surface area contributed by atoms with Gasteiger partial charge in [-0.2, -0.15) is 0 Å². The molecule has 0 aliphatic rings. The lowest BCUT2D eigenvalue weighted by molar-refractivity contribution is 0.102. The third-order valence-electron chi connectivity index (χ3n) is 4.16. The number of halogens is 1. The average Bonchev–Trinajstić information content (AvgIpc) is 2.70. The quantitative estimate of drug-likeness (QED) is 0.679. The Balaban J connectivity index is 1.77. The molecule has 0 aliphatic carbocycles. The molecule has 0 heterocycles. The number of rotatable bonds is 5. The minimum atomic E-state index is -0.518. The summed E-state index contributed by atoms with van der Waals surface area (Å²) in [5.74, 6) is -1.31. The second kappa shape index (κ2) is 8.27. The highest BCUT2D eigenvalue weighted by atomic mass is 19.1. The molecule has 2 N–H and O–H groups in total. The van der Waals surface area contributed by atoms with E-state index < -0.39 is 11.7 Å². The van der Waals surface area contributed by atoms with Crippen molar-refractivity contribution in [1.29, 1.82) is 0 Å². The second-order valence-corrected chi connectivity index (χ2v) is 5.98. The number of carbonyl (C=O) groups excluding carboxylic acids is 2. The van der Waals surface area contributed by atoms with E-state index in [1.165, 1.54) is 18.2 Å². The molecular weight excluding hydrogens is 343 g/mol. The van der Waals surface area contributed by atoms with Gasteiger partial charge in [0.1, 0.15) is 5.82 Å². The Labute approximate surface area is 157 Å². The summed E-state index contributed by atoms with van der Waals surface area (Å²) in [5.41, 5.74) is 2.48. The van der Waals surface area contributed by atoms with Crippen LogP contribution in [-0.4, -0.2) is 11.8 Å². The maximum Gasteiger partial charge on any atom is 0.255 e. The highest BCUT2D eigenvalue weighted by molar-refractivity contribution is 6.08. The second-order valence-electron chi connectivity index (χ2n) is 5.98. The molecule has 3 rings (SSSR count). The molecule has 0 fully saturated rings. The highest BCUT2D eigenvalue weighted by Crippen LogP contribution is 2.18. The zero-order valence-electron chi connectivity index (χ0n) is 14.8. The first-order chi connectivity index (χ1) is 13.1. The number of anilines is 2. The van der Waals surface area contributed by atoms with E-state index in [2.05, 4.69) is 10.6 Å². The van der Waals surface area contributed by atoms with E-state index in [0.717, 1.165) is 17.7 Å². The van der Waals surface area contributed by atoms with Crippen molar-refractivity contribution in [2.75, 3.05) is 10.6 Å². The zero-order valence-corrected chi connectivity index (χ0v) is 14.8. The summed E-state index contributed by atoms with van der Waals surface area (Å²) in [4.78, 5) is 25.0. The molecule has 0 radical (unpaired) electrons. The van der Waals surface area contributed by atoms with Gasteiger partial charge in [-0.05, 0) is 48.4 Å². The van der Waals surface area contributed by atoms with Gasteiger partial charge in [0.05, 0.1) is 5.69 Å². The van der Waals surface area contributed by atoms with Crippen molar-refractivity contribution in [3.8, 4) is 0 Å². The maximum atomic E-state index is 13.7. The van der Waals surface area contributed by atoms with E-state index in [-0.39, 0.29) is 17.2 Å². The number of hydrogen-bond acceptors (Lipinski definition) is 2. The Morgan fingerprint density at radius 2 is 1.33 bits per heavy atom. The maximum absolute atomic E-state index is 13.7. The number of amides is 2. The summed E-state index contributed by atoms with van der Waals surface area (Å²) in [5, 5.41) is 5.39. The van der Waals surface area contributed by atoms with Gasteiger partial charge >= 0.3 is 0 Å². The number of para-hydroxylation sites is 2. The molecule has 0 unspecified atom stereocenters. The van der Waals surface area contributed by atoms with Gasteiger partial charge in [0.2, 0.25) is 0 Å². The van der Waals surface area contributed by atoms with E-state index in [9.17, 15) is 14.0 Å². The smallest absolute Gasteiger partial charge is 0.255 e. The minimum Gasteiger partial charge on any atom is -0.322 e. The van der Waals surface area contributed by atoms with E-state index in [1.54, 1.807) is 30.3 Å². The third kappa shape index (κ3) is 4.39. The number of benzene rings is 3. The van der Waals surface area contributed by atoms with Gasteiger partial charge in [-0.25, -0.2) is 4.39 Å². The summed E-state index contributed by atoms with van der Waals surface area (Å²) in [6, 6.07) is 19.8. The topological polar surface area (TPSA) is 58.2 Å². The van der Waals surface area contributed by atoms with Gasteiger partial charge in [-0.3, -0.25) is 9.59 Å². The standard InChI is InChI=1S/C22H19FN2O2/c1-2-15-8-3-5-12-19(15)24-21(26)16-9-7-10-17(14-16)22(27)25-20-13-6-4-11-18(20)23/h3-14H,2H2,1H3,(H,24,26)(H,25,27). The summed E-state index contributed by atoms with van der Waals surface area (Å²) >= 11 is 0. The van der Waals surface area contributed by atoms with Gasteiger partial charge < -0.3 is 10.6 Å². The molecule has 136 valence electrons. The predicted molar refractivity (Wildman–Crippen MR) is 105 cm³/mol. The van der Waals surface area contributed by atoms with Crippen LogP contribution in [-0.2, 0) is 6.42 Å². The normalized spacial score (nSPS) is 10.3. The van der Waals surface area contributed by atoms with Crippen LogP contribution >= 0.6 is 0 Å². The summed E-state index contributed by atoms with van der Waals surface area (Å²) in [6.07, 6.45) is 0.793. The number of aryl methyl sites for hydroxylation is 1. The molecule has 3 aromatic carbocycles. The van der Waals surface area contributed by atoms with Crippen molar-refractivity contribution >= 4 is 23.2 Å². The molecule has 4 nitrogen and oxygen atoms in total. The zero-order chi connectivity index (χ0) is 19.2. The lowest BCUT2D eigenvalue weighted by Crippen LogP contribution is -2.16. The van der Waals surface area contributed by atoms with Crippen LogP contribution < -0.4 is 10.6 Å². The van der Waals surface area contributed by atoms with Crippen molar-refractivity contribution in [3.05, 3.63) is 95.3 Å². The Bertz CT molecular complexity index is 985. The average molecular weight is 362 g/mol. The van der Waals surface area contributed by atoms with Crippen molar-refractivity contribution in [3.63, 3.8) is 0 Å². The number of nitrogens with one attached hydrogen (secondary N) is 2. The minimum absolute atomic E-state index is 0.0919. The van der Waals surface area contributed by atoms with Crippen LogP contribution in [0.5, 0.6) is 0 Å². The Kier molecular flexibility index (Phi) is 5.61. The van der Waals surface area contributed by atoms with Gasteiger partial charge in [0, 0.05) is 16.8 Å². The number of carbonyl (C=O) groups is 2. The molecule has 0 spiro atoms. The summed E-state index contributed by atoms with van der Waals surface area (Å²) in [7, 11) is 0. The molecule has 0 atom stereocenters. The van der Waals surface area contributed by atoms with Crippen LogP contribution in [0.1, 0.15) is 33.2 Å². The van der Waals surface area contributed by atoms with E-state index in [0.29, 0.717) is 5.56 Å². The molecule has 0 saturated heterocycles. The van der Waals surface area contributed by atoms with Crippen molar-refractivity contribution in [1.82, 2.24) is 0 Å². The molecule has 0 aliphatic heterocycles. The lowest BCUT2D eigenvalue weighted by atomic mass is 10.1. The van der Waals surface area contributed by atoms with Gasteiger partial charge in [0.25, 0.3) is 11.8 Å². The van der Waals surface area contributed by atoms with Crippen molar-refractivity contribution < 1.29 is 14.0 Å². The van der Waals surface area contributed by atoms with E-state index in [4.69, 9.17) is 0 Å². The number of hydrogen-bond donors (Lipinski definition) is 2. The fourth-order valence-electron chi connectivity index (χ4n) is 2.70. The monoisotopic (exact) mass is 362 g/mol. The fraction of sp³-hybridized carbons (Fsp3) is 0.0909. The first-order valence-electron chi connectivity index (χ1n) is 8.63. The third-order valence-corrected chi connectivity index (χ3v) is 4.16. The van der Waals surface area contributed by atoms with Crippen LogP contribution in [0, 0.1) is 5.82 Å². The Morgan fingerprint density at radius 1 is 0.778 bits per heavy atom. The molecule has 0 aromatic heterocycles. The predicted octanol–water partition coefficient (Wildman–Crippen LogP) is 4.89. The molecule has 5 heteroatoms. The van der Waals surface area contributed by atoms with Gasteiger partial charge in [0.15, 0.2) is 0 Å². The van der Waals surface area contributed by atoms with E-state index in [1.807, 2.05) is 31.2 Å². The van der Waals surface area contributed by atoms with Crippen molar-refractivity contribution in [2.24, 2.45) is 0 Å². The molecule has 2 amide bonds. The first kappa shape index (κ1) is 18.3. The lowest BCUT2D eigenvalue weighted by Gasteiger charge is -2.11. The summed E-state index contributed by atoms with van der Waals surface area (Å²) in [6.45, 7) is 2.01. The first-order valence-corrected chi connectivity index (χ1v) is 8.63. The molecule has 0 saturated carbocycles. The highest BCUT2D eigenvalue weighted by Gasteiger charge is 2.13. The Hall–Kier alpha value is -3.47. The molecular formula is C22H19FN2O2. The van der Waals surface area contributed by atoms with E-state index >= 15 is 0 Å². The SMILES string of the molecule is CCc1ccccc1NC(=O)c1cccc(C(=O)Nc2ccccc2F)c1. The van der Waals surface area contributed by atoms with Crippen molar-refractivity contribution in [2.45, 2.75) is 13.3 Å². The van der Waals surface area contributed by atoms with Gasteiger partial charge in [-0.15, -0.1) is 0 Å². The van der Waals surface area contributed by atoms with Gasteiger partial charge in [-0.1, -0.05) is 43.3 Å². The van der Waals surface area contributed by atoms with Crippen LogP contribution in [0.15, 0.2) is 72.8 Å². The van der Waals surface area contributed by atoms with Crippen LogP contribution in [0.2, 0.25) is 0 Å². The molecule has 27 heavy (non-hydrogen) atoms. The fourth-order valence-corrected chi connectivity index (χ4v) is 2.70. The molecule has 0 bridgehead atoms. The van der Waals surface area contributed by atoms with Crippen LogP contribution in [0.3, 0.4) is 0 Å². The molecule has 3 aromatic rings. The summed E-state index contributed by atoms with van der Waals surface area (Å²) < 4.78 is 13.7. The Morgan fingerprint density at radius 3 is 1.96 bits per heavy atom. The van der Waals surface area contributed by atoms with Crippen LogP contribution in [0.4, 0.5) is 15.8 Å².